The van der Waals surface area contributed by atoms with Gasteiger partial charge in [-0.3, -0.25) is 0 Å². The zero-order valence-corrected chi connectivity index (χ0v) is 16.5. The topological polar surface area (TPSA) is 39.4 Å². The van der Waals surface area contributed by atoms with Crippen molar-refractivity contribution in [3.63, 3.8) is 0 Å². The van der Waals surface area contributed by atoms with Crippen molar-refractivity contribution in [2.24, 2.45) is 0 Å². The molecule has 0 atom stereocenters. The van der Waals surface area contributed by atoms with E-state index in [0.29, 0.717) is 0 Å². The Morgan fingerprint density at radius 2 is 1.93 bits per heavy atom. The minimum Gasteiger partial charge on any atom is -0.497 e. The first-order chi connectivity index (χ1) is 13.1. The predicted molar refractivity (Wildman–Crippen MR) is 110 cm³/mol. The Kier molecular flexibility index (Phi) is 4.86. The standard InChI is InChI=1S/C22H21N3OS/c1-15-7-8-18(11-16(15)2)20-13-21-22(23-9-10-25(21)24-20)27-14-17-5-4-6-19(12-17)26-3/h4-13H,14H2,1-3H3. The van der Waals surface area contributed by atoms with E-state index in [1.165, 1.54) is 16.7 Å². The van der Waals surface area contributed by atoms with E-state index in [1.807, 2.05) is 22.8 Å². The smallest absolute Gasteiger partial charge is 0.122 e. The van der Waals surface area contributed by atoms with Crippen LogP contribution in [0.25, 0.3) is 16.8 Å². The fourth-order valence-corrected chi connectivity index (χ4v) is 3.88. The molecule has 0 unspecified atom stereocenters. The van der Waals surface area contributed by atoms with Gasteiger partial charge in [-0.2, -0.15) is 5.10 Å². The SMILES string of the molecule is COc1cccc(CSc2nccn3nc(-c4ccc(C)c(C)c4)cc23)c1. The molecule has 5 heteroatoms. The first-order valence-corrected chi connectivity index (χ1v) is 9.80. The molecule has 0 N–H and O–H groups in total. The van der Waals surface area contributed by atoms with Gasteiger partial charge in [-0.15, -0.1) is 0 Å². The second kappa shape index (κ2) is 7.45. The average Bonchev–Trinajstić information content (AvgIpc) is 3.13. The third-order valence-electron chi connectivity index (χ3n) is 4.67. The van der Waals surface area contributed by atoms with Crippen LogP contribution in [0.3, 0.4) is 0 Å². The molecule has 0 radical (unpaired) electrons. The Morgan fingerprint density at radius 3 is 2.74 bits per heavy atom. The molecule has 0 fully saturated rings. The Hall–Kier alpha value is -2.79. The van der Waals surface area contributed by atoms with Crippen LogP contribution in [0.2, 0.25) is 0 Å². The molecule has 0 amide bonds. The van der Waals surface area contributed by atoms with E-state index in [4.69, 9.17) is 9.84 Å². The van der Waals surface area contributed by atoms with Crippen LogP contribution in [0.4, 0.5) is 0 Å². The Morgan fingerprint density at radius 1 is 1.04 bits per heavy atom. The maximum Gasteiger partial charge on any atom is 0.122 e. The van der Waals surface area contributed by atoms with E-state index in [2.05, 4.69) is 55.2 Å². The van der Waals surface area contributed by atoms with E-state index in [-0.39, 0.29) is 0 Å². The lowest BCUT2D eigenvalue weighted by Gasteiger charge is -2.05. The number of methoxy groups -OCH3 is 1. The summed E-state index contributed by atoms with van der Waals surface area (Å²) in [5, 5.41) is 5.72. The van der Waals surface area contributed by atoms with Gasteiger partial charge in [0.05, 0.1) is 18.3 Å². The molecule has 0 aliphatic carbocycles. The first-order valence-electron chi connectivity index (χ1n) is 8.82. The number of thioether (sulfide) groups is 1. The second-order valence-electron chi connectivity index (χ2n) is 6.53. The molecule has 0 spiro atoms. The number of hydrogen-bond acceptors (Lipinski definition) is 4. The van der Waals surface area contributed by atoms with Crippen molar-refractivity contribution in [1.29, 1.82) is 0 Å². The van der Waals surface area contributed by atoms with Crippen molar-refractivity contribution in [2.75, 3.05) is 7.11 Å². The number of benzene rings is 2. The molecule has 27 heavy (non-hydrogen) atoms. The molecule has 0 saturated carbocycles. The van der Waals surface area contributed by atoms with Crippen molar-refractivity contribution in [1.82, 2.24) is 14.6 Å². The predicted octanol–water partition coefficient (Wildman–Crippen LogP) is 5.31. The highest BCUT2D eigenvalue weighted by Crippen LogP contribution is 2.29. The Bertz CT molecular complexity index is 1100. The molecule has 2 aromatic carbocycles. The normalized spacial score (nSPS) is 11.1. The fourth-order valence-electron chi connectivity index (χ4n) is 2.97. The van der Waals surface area contributed by atoms with E-state index >= 15 is 0 Å². The quantitative estimate of drug-likeness (QED) is 0.443. The third kappa shape index (κ3) is 3.69. The summed E-state index contributed by atoms with van der Waals surface area (Å²) < 4.78 is 7.22. The molecule has 0 aliphatic rings. The van der Waals surface area contributed by atoms with Crippen LogP contribution >= 0.6 is 11.8 Å². The van der Waals surface area contributed by atoms with Crippen LogP contribution in [0.5, 0.6) is 5.75 Å². The molecule has 2 aromatic heterocycles. The molecule has 2 heterocycles. The number of rotatable bonds is 5. The van der Waals surface area contributed by atoms with Gasteiger partial charge in [0.25, 0.3) is 0 Å². The summed E-state index contributed by atoms with van der Waals surface area (Å²) in [6.07, 6.45) is 3.70. The third-order valence-corrected chi connectivity index (χ3v) is 5.73. The summed E-state index contributed by atoms with van der Waals surface area (Å²) in [5.74, 6) is 1.70. The van der Waals surface area contributed by atoms with E-state index in [0.717, 1.165) is 33.3 Å². The van der Waals surface area contributed by atoms with Gasteiger partial charge in [0, 0.05) is 23.7 Å². The molecule has 4 aromatic rings. The first kappa shape index (κ1) is 17.6. The van der Waals surface area contributed by atoms with Gasteiger partial charge in [0.2, 0.25) is 0 Å². The van der Waals surface area contributed by atoms with Gasteiger partial charge in [-0.25, -0.2) is 9.50 Å². The van der Waals surface area contributed by atoms with Gasteiger partial charge in [-0.05, 0) is 54.8 Å². The molecule has 0 saturated heterocycles. The molecule has 136 valence electrons. The lowest BCUT2D eigenvalue weighted by molar-refractivity contribution is 0.414. The van der Waals surface area contributed by atoms with Gasteiger partial charge in [-0.1, -0.05) is 36.0 Å². The van der Waals surface area contributed by atoms with Crippen molar-refractivity contribution in [2.45, 2.75) is 24.6 Å². The van der Waals surface area contributed by atoms with Gasteiger partial charge in [0.15, 0.2) is 0 Å². The summed E-state index contributed by atoms with van der Waals surface area (Å²) in [4.78, 5) is 4.57. The van der Waals surface area contributed by atoms with Crippen LogP contribution in [0, 0.1) is 13.8 Å². The molecular formula is C22H21N3OS. The van der Waals surface area contributed by atoms with E-state index < -0.39 is 0 Å². The molecule has 0 bridgehead atoms. The lowest BCUT2D eigenvalue weighted by Crippen LogP contribution is -1.92. The monoisotopic (exact) mass is 375 g/mol. The van der Waals surface area contributed by atoms with Crippen LogP contribution in [0.15, 0.2) is 66.0 Å². The van der Waals surface area contributed by atoms with Crippen molar-refractivity contribution >= 4 is 17.3 Å². The zero-order chi connectivity index (χ0) is 18.8. The number of nitrogens with zero attached hydrogens (tertiary/aromatic N) is 3. The highest BCUT2D eigenvalue weighted by molar-refractivity contribution is 7.98. The zero-order valence-electron chi connectivity index (χ0n) is 15.6. The van der Waals surface area contributed by atoms with Gasteiger partial charge in [0.1, 0.15) is 10.8 Å². The number of ether oxygens (including phenoxy) is 1. The minimum absolute atomic E-state index is 0.827. The Balaban J connectivity index is 1.63. The minimum atomic E-state index is 0.827. The van der Waals surface area contributed by atoms with Gasteiger partial charge >= 0.3 is 0 Å². The van der Waals surface area contributed by atoms with Crippen LogP contribution in [-0.2, 0) is 5.75 Å². The van der Waals surface area contributed by atoms with Gasteiger partial charge < -0.3 is 4.74 Å². The summed E-state index contributed by atoms with van der Waals surface area (Å²) in [6, 6.07) is 16.7. The number of aromatic nitrogens is 3. The van der Waals surface area contributed by atoms with Crippen LogP contribution in [-0.4, -0.2) is 21.7 Å². The summed E-state index contributed by atoms with van der Waals surface area (Å²) in [7, 11) is 1.69. The number of fused-ring (bicyclic) bond motifs is 1. The average molecular weight is 375 g/mol. The lowest BCUT2D eigenvalue weighted by atomic mass is 10.0. The van der Waals surface area contributed by atoms with Crippen LogP contribution in [0.1, 0.15) is 16.7 Å². The van der Waals surface area contributed by atoms with Crippen molar-refractivity contribution < 1.29 is 4.74 Å². The molecular weight excluding hydrogens is 354 g/mol. The summed E-state index contributed by atoms with van der Waals surface area (Å²) in [5.41, 5.74) is 6.89. The highest BCUT2D eigenvalue weighted by Gasteiger charge is 2.10. The molecule has 4 rings (SSSR count). The largest absolute Gasteiger partial charge is 0.497 e. The van der Waals surface area contributed by atoms with Crippen molar-refractivity contribution in [3.8, 4) is 17.0 Å². The maximum atomic E-state index is 5.31. The van der Waals surface area contributed by atoms with Crippen molar-refractivity contribution in [3.05, 3.63) is 77.6 Å². The fraction of sp³-hybridized carbons (Fsp3) is 0.182. The van der Waals surface area contributed by atoms with E-state index in [1.54, 1.807) is 25.1 Å². The summed E-state index contributed by atoms with van der Waals surface area (Å²) >= 11 is 1.71. The second-order valence-corrected chi connectivity index (χ2v) is 7.50. The Labute approximate surface area is 163 Å². The number of aryl methyl sites for hydroxylation is 2. The van der Waals surface area contributed by atoms with Crippen LogP contribution < -0.4 is 4.74 Å². The summed E-state index contributed by atoms with van der Waals surface area (Å²) in [6.45, 7) is 4.26. The molecule has 4 nitrogen and oxygen atoms in total. The molecule has 0 aliphatic heterocycles. The highest BCUT2D eigenvalue weighted by atomic mass is 32.2. The van der Waals surface area contributed by atoms with E-state index in [9.17, 15) is 0 Å². The maximum absolute atomic E-state index is 5.31. The number of hydrogen-bond donors (Lipinski definition) is 0.